The van der Waals surface area contributed by atoms with E-state index >= 15 is 0 Å². The topological polar surface area (TPSA) is 69.3 Å². The van der Waals surface area contributed by atoms with E-state index in [9.17, 15) is 0 Å². The molecule has 0 saturated heterocycles. The molecule has 1 N–H and O–H groups in total. The van der Waals surface area contributed by atoms with E-state index in [0.29, 0.717) is 11.1 Å². The van der Waals surface area contributed by atoms with Gasteiger partial charge in [-0.05, 0) is 6.07 Å². The van der Waals surface area contributed by atoms with Gasteiger partial charge in [0.05, 0.1) is 5.56 Å². The number of aromatic nitrogens is 1. The maximum absolute atomic E-state index is 8.48. The predicted molar refractivity (Wildman–Crippen MR) is 43.1 cm³/mol. The Morgan fingerprint density at radius 1 is 1.67 bits per heavy atom. The lowest BCUT2D eigenvalue weighted by molar-refractivity contribution is 0.321. The smallest absolute Gasteiger partial charge is 0.176 e. The van der Waals surface area contributed by atoms with Crippen molar-refractivity contribution in [2.24, 2.45) is 5.16 Å². The molecule has 0 fully saturated rings. The summed E-state index contributed by atoms with van der Waals surface area (Å²) in [5, 5.41) is 19.5. The second kappa shape index (κ2) is 3.69. The van der Waals surface area contributed by atoms with Gasteiger partial charge in [0.25, 0.3) is 0 Å². The summed E-state index contributed by atoms with van der Waals surface area (Å²) >= 11 is 5.47. The van der Waals surface area contributed by atoms with Crippen molar-refractivity contribution >= 4 is 16.8 Å². The van der Waals surface area contributed by atoms with Crippen LogP contribution in [-0.2, 0) is 0 Å². The largest absolute Gasteiger partial charge is 0.410 e. The third kappa shape index (κ3) is 1.71. The Labute approximate surface area is 73.7 Å². The third-order valence-electron chi connectivity index (χ3n) is 1.19. The molecule has 1 aromatic heterocycles. The molecule has 0 bridgehead atoms. The van der Waals surface area contributed by atoms with Crippen molar-refractivity contribution in [3.63, 3.8) is 0 Å². The minimum atomic E-state index is -0.0837. The van der Waals surface area contributed by atoms with E-state index in [1.807, 2.05) is 6.07 Å². The SMILES string of the molecule is N#Cc1cncc(/C(Cl)=N/O)c1. The lowest BCUT2D eigenvalue weighted by atomic mass is 10.2. The molecule has 60 valence electrons. The lowest BCUT2D eigenvalue weighted by Gasteiger charge is -1.94. The zero-order chi connectivity index (χ0) is 8.97. The molecule has 0 aliphatic heterocycles. The average molecular weight is 182 g/mol. The first-order valence-electron chi connectivity index (χ1n) is 3.01. The minimum absolute atomic E-state index is 0.0837. The van der Waals surface area contributed by atoms with Crippen molar-refractivity contribution in [3.8, 4) is 6.07 Å². The predicted octanol–water partition coefficient (Wildman–Crippen LogP) is 1.33. The minimum Gasteiger partial charge on any atom is -0.410 e. The van der Waals surface area contributed by atoms with Crippen LogP contribution in [0.5, 0.6) is 0 Å². The van der Waals surface area contributed by atoms with E-state index < -0.39 is 0 Å². The second-order valence-electron chi connectivity index (χ2n) is 1.96. The van der Waals surface area contributed by atoms with Gasteiger partial charge in [-0.25, -0.2) is 0 Å². The molecule has 1 rings (SSSR count). The summed E-state index contributed by atoms with van der Waals surface area (Å²) in [5.41, 5.74) is 0.785. The highest BCUT2D eigenvalue weighted by molar-refractivity contribution is 6.69. The molecule has 0 spiro atoms. The van der Waals surface area contributed by atoms with Crippen LogP contribution in [0.2, 0.25) is 0 Å². The van der Waals surface area contributed by atoms with Gasteiger partial charge < -0.3 is 5.21 Å². The first-order valence-corrected chi connectivity index (χ1v) is 3.39. The van der Waals surface area contributed by atoms with Gasteiger partial charge in [-0.2, -0.15) is 5.26 Å². The molecule has 0 aliphatic carbocycles. The maximum Gasteiger partial charge on any atom is 0.176 e. The maximum atomic E-state index is 8.48. The van der Waals surface area contributed by atoms with Crippen LogP contribution in [0.15, 0.2) is 23.6 Å². The molecular formula is C7H4ClN3O. The molecule has 1 heterocycles. The lowest BCUT2D eigenvalue weighted by Crippen LogP contribution is -1.92. The quantitative estimate of drug-likeness (QED) is 0.404. The molecule has 12 heavy (non-hydrogen) atoms. The van der Waals surface area contributed by atoms with Gasteiger partial charge in [-0.15, -0.1) is 0 Å². The number of oxime groups is 1. The van der Waals surface area contributed by atoms with Crippen LogP contribution < -0.4 is 0 Å². The van der Waals surface area contributed by atoms with Gasteiger partial charge >= 0.3 is 0 Å². The van der Waals surface area contributed by atoms with Crippen LogP contribution in [0, 0.1) is 11.3 Å². The van der Waals surface area contributed by atoms with E-state index in [1.165, 1.54) is 18.5 Å². The number of halogens is 1. The van der Waals surface area contributed by atoms with Crippen molar-refractivity contribution in [1.82, 2.24) is 4.98 Å². The Bertz CT molecular complexity index is 356. The summed E-state index contributed by atoms with van der Waals surface area (Å²) in [4.78, 5) is 3.73. The van der Waals surface area contributed by atoms with E-state index in [1.54, 1.807) is 0 Å². The van der Waals surface area contributed by atoms with Crippen molar-refractivity contribution in [3.05, 3.63) is 29.6 Å². The summed E-state index contributed by atoms with van der Waals surface area (Å²) in [7, 11) is 0. The molecule has 4 nitrogen and oxygen atoms in total. The van der Waals surface area contributed by atoms with Crippen molar-refractivity contribution < 1.29 is 5.21 Å². The van der Waals surface area contributed by atoms with Gasteiger partial charge in [0.1, 0.15) is 6.07 Å². The third-order valence-corrected chi connectivity index (χ3v) is 1.49. The van der Waals surface area contributed by atoms with Crippen molar-refractivity contribution in [2.75, 3.05) is 0 Å². The monoisotopic (exact) mass is 181 g/mol. The molecule has 1 aromatic rings. The summed E-state index contributed by atoms with van der Waals surface area (Å²) < 4.78 is 0. The van der Waals surface area contributed by atoms with E-state index in [0.717, 1.165) is 0 Å². The normalized spacial score (nSPS) is 10.8. The van der Waals surface area contributed by atoms with Gasteiger partial charge in [0, 0.05) is 18.0 Å². The van der Waals surface area contributed by atoms with Gasteiger partial charge in [0.15, 0.2) is 5.17 Å². The molecule has 0 amide bonds. The van der Waals surface area contributed by atoms with Gasteiger partial charge in [0.2, 0.25) is 0 Å². The number of nitriles is 1. The molecular weight excluding hydrogens is 178 g/mol. The van der Waals surface area contributed by atoms with Crippen LogP contribution in [0.1, 0.15) is 11.1 Å². The summed E-state index contributed by atoms with van der Waals surface area (Å²) in [6, 6.07) is 3.37. The fourth-order valence-corrected chi connectivity index (χ4v) is 0.775. The van der Waals surface area contributed by atoms with Crippen LogP contribution in [0.3, 0.4) is 0 Å². The van der Waals surface area contributed by atoms with Crippen molar-refractivity contribution in [1.29, 1.82) is 5.26 Å². The van der Waals surface area contributed by atoms with Gasteiger partial charge in [-0.3, -0.25) is 4.98 Å². The second-order valence-corrected chi connectivity index (χ2v) is 2.32. The van der Waals surface area contributed by atoms with Crippen LogP contribution in [0.4, 0.5) is 0 Å². The number of pyridine rings is 1. The Balaban J connectivity index is 3.12. The first kappa shape index (κ1) is 8.50. The fraction of sp³-hybridized carbons (Fsp3) is 0. The molecule has 0 aliphatic rings. The fourth-order valence-electron chi connectivity index (χ4n) is 0.672. The molecule has 0 saturated carbocycles. The van der Waals surface area contributed by atoms with Crippen molar-refractivity contribution in [2.45, 2.75) is 0 Å². The Kier molecular flexibility index (Phi) is 2.62. The number of nitrogens with zero attached hydrogens (tertiary/aromatic N) is 3. The zero-order valence-electron chi connectivity index (χ0n) is 5.90. The molecule has 0 radical (unpaired) electrons. The standard InChI is InChI=1S/C7H4ClN3O/c8-7(11-12)6-1-5(2-9)3-10-4-6/h1,3-4,12H/b11-7-. The van der Waals surface area contributed by atoms with Crippen LogP contribution in [0.25, 0.3) is 0 Å². The Morgan fingerprint density at radius 2 is 2.42 bits per heavy atom. The molecule has 0 aromatic carbocycles. The number of hydrogen-bond donors (Lipinski definition) is 1. The molecule has 5 heteroatoms. The number of hydrogen-bond acceptors (Lipinski definition) is 4. The molecule has 0 atom stereocenters. The summed E-state index contributed by atoms with van der Waals surface area (Å²) in [6.45, 7) is 0. The van der Waals surface area contributed by atoms with Gasteiger partial charge in [-0.1, -0.05) is 16.8 Å². The number of rotatable bonds is 1. The van der Waals surface area contributed by atoms with E-state index in [2.05, 4.69) is 10.1 Å². The summed E-state index contributed by atoms with van der Waals surface area (Å²) in [6.07, 6.45) is 2.80. The highest BCUT2D eigenvalue weighted by Gasteiger charge is 2.01. The Morgan fingerprint density at radius 3 is 3.00 bits per heavy atom. The van der Waals surface area contributed by atoms with E-state index in [-0.39, 0.29) is 5.17 Å². The summed E-state index contributed by atoms with van der Waals surface area (Å²) in [5.74, 6) is 0. The van der Waals surface area contributed by atoms with E-state index in [4.69, 9.17) is 22.1 Å². The Hall–Kier alpha value is -1.60. The highest BCUT2D eigenvalue weighted by Crippen LogP contribution is 2.05. The zero-order valence-corrected chi connectivity index (χ0v) is 6.65. The first-order chi connectivity index (χ1) is 5.77. The van der Waals surface area contributed by atoms with Crippen LogP contribution in [-0.4, -0.2) is 15.4 Å². The average Bonchev–Trinajstić information content (AvgIpc) is 2.17. The highest BCUT2D eigenvalue weighted by atomic mass is 35.5. The van der Waals surface area contributed by atoms with Crippen LogP contribution >= 0.6 is 11.6 Å². The molecule has 0 unspecified atom stereocenters.